The van der Waals surface area contributed by atoms with Crippen LogP contribution in [0.15, 0.2) is 72.1 Å². The molecule has 1 heterocycles. The second-order valence-corrected chi connectivity index (χ2v) is 9.61. The Morgan fingerprint density at radius 2 is 1.67 bits per heavy atom. The molecule has 0 radical (unpaired) electrons. The van der Waals surface area contributed by atoms with E-state index in [1.54, 1.807) is 16.2 Å². The molecule has 174 valence electrons. The predicted octanol–water partition coefficient (Wildman–Crippen LogP) is 6.03. The molecule has 0 fully saturated rings. The van der Waals surface area contributed by atoms with Gasteiger partial charge in [0.05, 0.1) is 6.54 Å². The number of benzene rings is 2. The Morgan fingerprint density at radius 1 is 0.909 bits per heavy atom. The minimum atomic E-state index is -0.249. The van der Waals surface area contributed by atoms with Gasteiger partial charge in [0.15, 0.2) is 0 Å². The fraction of sp³-hybridized carbons (Fsp3) is 0.333. The van der Waals surface area contributed by atoms with Crippen molar-refractivity contribution >= 4 is 29.0 Å². The number of urea groups is 1. The van der Waals surface area contributed by atoms with Gasteiger partial charge in [-0.3, -0.25) is 4.79 Å². The van der Waals surface area contributed by atoms with E-state index in [2.05, 4.69) is 26.1 Å². The lowest BCUT2D eigenvalue weighted by Crippen LogP contribution is -2.45. The molecular weight excluding hydrogens is 430 g/mol. The first-order chi connectivity index (χ1) is 15.9. The summed E-state index contributed by atoms with van der Waals surface area (Å²) < 4.78 is 0. The predicted molar refractivity (Wildman–Crippen MR) is 136 cm³/mol. The number of hydrogen-bond acceptors (Lipinski definition) is 3. The van der Waals surface area contributed by atoms with Crippen molar-refractivity contribution in [1.82, 2.24) is 9.80 Å². The molecule has 5 nitrogen and oxygen atoms in total. The molecule has 3 aromatic rings. The Balaban J connectivity index is 1.75. The number of carbonyl (C=O) groups is 2. The highest BCUT2D eigenvalue weighted by atomic mass is 32.1. The highest BCUT2D eigenvalue weighted by Gasteiger charge is 2.23. The molecule has 0 saturated heterocycles. The molecule has 3 rings (SSSR count). The molecule has 2 aromatic carbocycles. The number of aryl methyl sites for hydroxylation is 1. The number of thiophene rings is 1. The highest BCUT2D eigenvalue weighted by Crippen LogP contribution is 2.17. The van der Waals surface area contributed by atoms with E-state index in [1.807, 2.05) is 77.0 Å². The van der Waals surface area contributed by atoms with Gasteiger partial charge in [-0.1, -0.05) is 69.3 Å². The lowest BCUT2D eigenvalue weighted by Gasteiger charge is -2.29. The monoisotopic (exact) mass is 463 g/mol. The van der Waals surface area contributed by atoms with Crippen molar-refractivity contribution in [3.8, 4) is 0 Å². The smallest absolute Gasteiger partial charge is 0.322 e. The summed E-state index contributed by atoms with van der Waals surface area (Å²) >= 11 is 1.63. The van der Waals surface area contributed by atoms with Gasteiger partial charge in [-0.25, -0.2) is 4.79 Å². The maximum absolute atomic E-state index is 13.4. The largest absolute Gasteiger partial charge is 0.332 e. The van der Waals surface area contributed by atoms with Crippen LogP contribution >= 0.6 is 11.3 Å². The van der Waals surface area contributed by atoms with Crippen LogP contribution in [-0.4, -0.2) is 34.8 Å². The SMILES string of the molecule is CCc1cccc(NC(=O)N(CC(=O)N(Cc2ccccc2)Cc2cccs2)CC(C)C)c1. The van der Waals surface area contributed by atoms with E-state index in [1.165, 1.54) is 0 Å². The molecule has 0 aliphatic heterocycles. The molecule has 6 heteroatoms. The zero-order valence-corrected chi connectivity index (χ0v) is 20.5. The number of amides is 3. The van der Waals surface area contributed by atoms with Crippen molar-refractivity contribution in [2.45, 2.75) is 40.3 Å². The molecule has 0 unspecified atom stereocenters. The van der Waals surface area contributed by atoms with Gasteiger partial charge in [0.1, 0.15) is 6.54 Å². The fourth-order valence-electron chi connectivity index (χ4n) is 3.62. The zero-order chi connectivity index (χ0) is 23.6. The van der Waals surface area contributed by atoms with Gasteiger partial charge in [-0.15, -0.1) is 11.3 Å². The quantitative estimate of drug-likeness (QED) is 0.399. The third kappa shape index (κ3) is 7.75. The molecule has 3 amide bonds. The van der Waals surface area contributed by atoms with Crippen LogP contribution in [-0.2, 0) is 24.3 Å². The first kappa shape index (κ1) is 24.5. The van der Waals surface area contributed by atoms with Crippen LogP contribution in [0.5, 0.6) is 0 Å². The normalized spacial score (nSPS) is 10.8. The van der Waals surface area contributed by atoms with Crippen molar-refractivity contribution in [2.24, 2.45) is 5.92 Å². The maximum atomic E-state index is 13.4. The number of hydrogen-bond donors (Lipinski definition) is 1. The maximum Gasteiger partial charge on any atom is 0.322 e. The molecule has 0 spiro atoms. The van der Waals surface area contributed by atoms with Crippen molar-refractivity contribution in [1.29, 1.82) is 0 Å². The Hall–Kier alpha value is -3.12. The van der Waals surface area contributed by atoms with Crippen molar-refractivity contribution in [3.05, 3.63) is 88.1 Å². The Labute approximate surface area is 201 Å². The van der Waals surface area contributed by atoms with Gasteiger partial charge in [-0.2, -0.15) is 0 Å². The van der Waals surface area contributed by atoms with Crippen LogP contribution in [0.2, 0.25) is 0 Å². The Morgan fingerprint density at radius 3 is 2.33 bits per heavy atom. The van der Waals surface area contributed by atoms with Crippen molar-refractivity contribution in [2.75, 3.05) is 18.4 Å². The first-order valence-corrected chi connectivity index (χ1v) is 12.3. The summed E-state index contributed by atoms with van der Waals surface area (Å²) in [6, 6.07) is 21.6. The molecule has 0 saturated carbocycles. The summed E-state index contributed by atoms with van der Waals surface area (Å²) in [7, 11) is 0. The Bertz CT molecular complexity index is 1020. The van der Waals surface area contributed by atoms with Gasteiger partial charge >= 0.3 is 6.03 Å². The number of rotatable bonds is 10. The van der Waals surface area contributed by atoms with Crippen LogP contribution in [0, 0.1) is 5.92 Å². The summed E-state index contributed by atoms with van der Waals surface area (Å²) in [4.78, 5) is 31.1. The Kier molecular flexibility index (Phi) is 9.07. The van der Waals surface area contributed by atoms with Gasteiger partial charge in [0.2, 0.25) is 5.91 Å². The van der Waals surface area contributed by atoms with E-state index in [9.17, 15) is 9.59 Å². The summed E-state index contributed by atoms with van der Waals surface area (Å²) in [6.45, 7) is 7.76. The standard InChI is InChI=1S/C27H33N3O2S/c1-4-22-12-8-13-24(16-22)28-27(32)30(17-21(2)3)20-26(31)29(19-25-14-9-15-33-25)18-23-10-6-5-7-11-23/h5-16,21H,4,17-20H2,1-3H3,(H,28,32). The molecule has 1 aromatic heterocycles. The van der Waals surface area contributed by atoms with E-state index in [0.29, 0.717) is 19.6 Å². The van der Waals surface area contributed by atoms with E-state index < -0.39 is 0 Å². The fourth-order valence-corrected chi connectivity index (χ4v) is 4.34. The molecular formula is C27H33N3O2S. The van der Waals surface area contributed by atoms with E-state index in [-0.39, 0.29) is 24.4 Å². The minimum Gasteiger partial charge on any atom is -0.332 e. The van der Waals surface area contributed by atoms with Gasteiger partial charge in [0.25, 0.3) is 0 Å². The van der Waals surface area contributed by atoms with Gasteiger partial charge < -0.3 is 15.1 Å². The van der Waals surface area contributed by atoms with Crippen LogP contribution < -0.4 is 5.32 Å². The van der Waals surface area contributed by atoms with Gasteiger partial charge in [0, 0.05) is 23.7 Å². The molecule has 33 heavy (non-hydrogen) atoms. The molecule has 0 aliphatic rings. The molecule has 0 atom stereocenters. The van der Waals surface area contributed by atoms with E-state index >= 15 is 0 Å². The second kappa shape index (κ2) is 12.2. The number of nitrogens with zero attached hydrogens (tertiary/aromatic N) is 2. The lowest BCUT2D eigenvalue weighted by atomic mass is 10.1. The average Bonchev–Trinajstić information content (AvgIpc) is 3.32. The highest BCUT2D eigenvalue weighted by molar-refractivity contribution is 7.09. The summed E-state index contributed by atoms with van der Waals surface area (Å²) in [5.41, 5.74) is 2.98. The van der Waals surface area contributed by atoms with Crippen LogP contribution in [0.3, 0.4) is 0 Å². The van der Waals surface area contributed by atoms with E-state index in [4.69, 9.17) is 0 Å². The average molecular weight is 464 g/mol. The van der Waals surface area contributed by atoms with Crippen LogP contribution in [0.1, 0.15) is 36.8 Å². The number of nitrogens with one attached hydrogen (secondary N) is 1. The summed E-state index contributed by atoms with van der Waals surface area (Å²) in [5, 5.41) is 5.00. The summed E-state index contributed by atoms with van der Waals surface area (Å²) in [5.74, 6) is 0.177. The molecule has 0 bridgehead atoms. The topological polar surface area (TPSA) is 52.7 Å². The van der Waals surface area contributed by atoms with Crippen LogP contribution in [0.25, 0.3) is 0 Å². The number of carbonyl (C=O) groups excluding carboxylic acids is 2. The molecule has 1 N–H and O–H groups in total. The van der Waals surface area contributed by atoms with Gasteiger partial charge in [-0.05, 0) is 47.0 Å². The lowest BCUT2D eigenvalue weighted by molar-refractivity contribution is -0.133. The second-order valence-electron chi connectivity index (χ2n) is 8.57. The zero-order valence-electron chi connectivity index (χ0n) is 19.7. The first-order valence-electron chi connectivity index (χ1n) is 11.4. The molecule has 0 aliphatic carbocycles. The van der Waals surface area contributed by atoms with E-state index in [0.717, 1.165) is 28.1 Å². The van der Waals surface area contributed by atoms with Crippen molar-refractivity contribution < 1.29 is 9.59 Å². The minimum absolute atomic E-state index is 0.0374. The van der Waals surface area contributed by atoms with Crippen LogP contribution in [0.4, 0.5) is 10.5 Å². The number of anilines is 1. The summed E-state index contributed by atoms with van der Waals surface area (Å²) in [6.07, 6.45) is 0.898. The third-order valence-electron chi connectivity index (χ3n) is 5.28. The third-order valence-corrected chi connectivity index (χ3v) is 6.14. The van der Waals surface area contributed by atoms with Crippen molar-refractivity contribution in [3.63, 3.8) is 0 Å².